The summed E-state index contributed by atoms with van der Waals surface area (Å²) in [6.07, 6.45) is 6.48. The summed E-state index contributed by atoms with van der Waals surface area (Å²) in [6, 6.07) is 7.74. The van der Waals surface area contributed by atoms with Crippen molar-refractivity contribution in [2.24, 2.45) is 7.05 Å². The fourth-order valence-electron chi connectivity index (χ4n) is 3.66. The van der Waals surface area contributed by atoms with Crippen molar-refractivity contribution in [3.8, 4) is 0 Å². The Morgan fingerprint density at radius 2 is 2.00 bits per heavy atom. The Kier molecular flexibility index (Phi) is 5.93. The lowest BCUT2D eigenvalue weighted by molar-refractivity contribution is 0.159. The normalized spacial score (nSPS) is 18.0. The van der Waals surface area contributed by atoms with E-state index in [0.717, 1.165) is 24.9 Å². The quantitative estimate of drug-likeness (QED) is 0.810. The Bertz CT molecular complexity index is 830. The third-order valence-electron chi connectivity index (χ3n) is 5.19. The van der Waals surface area contributed by atoms with Gasteiger partial charge in [0.25, 0.3) is 5.56 Å². The van der Waals surface area contributed by atoms with E-state index in [-0.39, 0.29) is 11.6 Å². The van der Waals surface area contributed by atoms with Crippen LogP contribution in [0.5, 0.6) is 0 Å². The van der Waals surface area contributed by atoms with Gasteiger partial charge < -0.3 is 20.1 Å². The number of amides is 2. The first-order valence-corrected chi connectivity index (χ1v) is 9.43. The molecule has 1 fully saturated rings. The minimum absolute atomic E-state index is 0.0674. The number of fused-ring (bicyclic) bond motifs is 1. The number of piperidine rings is 1. The van der Waals surface area contributed by atoms with Gasteiger partial charge in [0.2, 0.25) is 0 Å². The molecule has 1 atom stereocenters. The van der Waals surface area contributed by atoms with Crippen LogP contribution >= 0.6 is 0 Å². The fraction of sp³-hybridized carbons (Fsp3) is 0.500. The first kappa shape index (κ1) is 18.5. The van der Waals surface area contributed by atoms with Crippen molar-refractivity contribution in [2.45, 2.75) is 38.6 Å². The Labute approximate surface area is 154 Å². The number of hydrogen-bond acceptors (Lipinski definition) is 3. The second-order valence-electron chi connectivity index (χ2n) is 7.12. The van der Waals surface area contributed by atoms with Crippen LogP contribution in [-0.2, 0) is 7.05 Å². The summed E-state index contributed by atoms with van der Waals surface area (Å²) in [6.45, 7) is 5.10. The van der Waals surface area contributed by atoms with E-state index < -0.39 is 0 Å². The molecule has 2 amide bonds. The summed E-state index contributed by atoms with van der Waals surface area (Å²) >= 11 is 0. The lowest BCUT2D eigenvalue weighted by Crippen LogP contribution is -2.39. The van der Waals surface area contributed by atoms with E-state index in [9.17, 15) is 9.59 Å². The largest absolute Gasteiger partial charge is 0.338 e. The van der Waals surface area contributed by atoms with Gasteiger partial charge in [-0.2, -0.15) is 0 Å². The number of aryl methyl sites for hydroxylation is 1. The van der Waals surface area contributed by atoms with Crippen LogP contribution in [0.25, 0.3) is 10.8 Å². The molecule has 2 aromatic rings. The van der Waals surface area contributed by atoms with E-state index in [1.54, 1.807) is 19.3 Å². The topological polar surface area (TPSA) is 66.4 Å². The molecule has 1 aromatic carbocycles. The summed E-state index contributed by atoms with van der Waals surface area (Å²) < 4.78 is 1.50. The average molecular weight is 356 g/mol. The summed E-state index contributed by atoms with van der Waals surface area (Å²) in [5.74, 6) is 0. The van der Waals surface area contributed by atoms with Crippen molar-refractivity contribution in [2.75, 3.05) is 25.0 Å². The van der Waals surface area contributed by atoms with E-state index in [2.05, 4.69) is 22.5 Å². The minimum Gasteiger partial charge on any atom is -0.338 e. The molecular weight excluding hydrogens is 328 g/mol. The van der Waals surface area contributed by atoms with E-state index >= 15 is 0 Å². The van der Waals surface area contributed by atoms with Crippen LogP contribution in [0.2, 0.25) is 0 Å². The second-order valence-corrected chi connectivity index (χ2v) is 7.12. The Balaban J connectivity index is 1.55. The number of rotatable bonds is 5. The highest BCUT2D eigenvalue weighted by Gasteiger charge is 2.17. The zero-order valence-electron chi connectivity index (χ0n) is 15.6. The number of nitrogens with zero attached hydrogens (tertiary/aromatic N) is 2. The summed E-state index contributed by atoms with van der Waals surface area (Å²) in [5.41, 5.74) is 0.576. The Morgan fingerprint density at radius 3 is 2.77 bits per heavy atom. The zero-order valence-corrected chi connectivity index (χ0v) is 15.6. The number of anilines is 1. The number of benzene rings is 1. The van der Waals surface area contributed by atoms with Gasteiger partial charge >= 0.3 is 6.03 Å². The number of hydrogen-bond donors (Lipinski definition) is 2. The number of nitrogens with one attached hydrogen (secondary N) is 2. The molecule has 0 saturated carbocycles. The van der Waals surface area contributed by atoms with E-state index in [1.165, 1.54) is 23.8 Å². The monoisotopic (exact) mass is 356 g/mol. The van der Waals surface area contributed by atoms with Crippen LogP contribution in [0.1, 0.15) is 32.6 Å². The van der Waals surface area contributed by atoms with Gasteiger partial charge in [-0.25, -0.2) is 4.79 Å². The average Bonchev–Trinajstić information content (AvgIpc) is 2.64. The molecule has 6 nitrogen and oxygen atoms in total. The highest BCUT2D eigenvalue weighted by atomic mass is 16.2. The van der Waals surface area contributed by atoms with Crippen LogP contribution in [-0.4, -0.2) is 41.2 Å². The van der Waals surface area contributed by atoms with Crippen LogP contribution in [0.3, 0.4) is 0 Å². The van der Waals surface area contributed by atoms with Crippen molar-refractivity contribution < 1.29 is 4.79 Å². The van der Waals surface area contributed by atoms with E-state index in [1.807, 2.05) is 18.2 Å². The SMILES string of the molecule is C[C@@H]1CCCCN1CCCNC(=O)Nc1cn(C)c(=O)c2ccccc12. The van der Waals surface area contributed by atoms with Crippen molar-refractivity contribution in [1.82, 2.24) is 14.8 Å². The van der Waals surface area contributed by atoms with Gasteiger partial charge in [-0.05, 0) is 38.8 Å². The van der Waals surface area contributed by atoms with Crippen molar-refractivity contribution in [3.63, 3.8) is 0 Å². The first-order valence-electron chi connectivity index (χ1n) is 9.43. The zero-order chi connectivity index (χ0) is 18.5. The van der Waals surface area contributed by atoms with Gasteiger partial charge in [0.05, 0.1) is 5.69 Å². The number of aromatic nitrogens is 1. The molecule has 140 valence electrons. The predicted molar refractivity (Wildman–Crippen MR) is 106 cm³/mol. The van der Waals surface area contributed by atoms with Crippen LogP contribution < -0.4 is 16.2 Å². The van der Waals surface area contributed by atoms with Gasteiger partial charge in [-0.15, -0.1) is 0 Å². The maximum absolute atomic E-state index is 12.2. The van der Waals surface area contributed by atoms with Gasteiger partial charge in [0.15, 0.2) is 0 Å². The molecule has 2 N–H and O–H groups in total. The van der Waals surface area contributed by atoms with Crippen molar-refractivity contribution >= 4 is 22.5 Å². The molecule has 0 aliphatic carbocycles. The molecule has 0 unspecified atom stereocenters. The molecule has 26 heavy (non-hydrogen) atoms. The summed E-state index contributed by atoms with van der Waals surface area (Å²) in [4.78, 5) is 26.9. The van der Waals surface area contributed by atoms with E-state index in [4.69, 9.17) is 0 Å². The molecule has 2 heterocycles. The molecule has 0 radical (unpaired) electrons. The second kappa shape index (κ2) is 8.36. The Hall–Kier alpha value is -2.34. The van der Waals surface area contributed by atoms with Gasteiger partial charge in [0.1, 0.15) is 0 Å². The maximum Gasteiger partial charge on any atom is 0.319 e. The molecular formula is C20H28N4O2. The van der Waals surface area contributed by atoms with Crippen LogP contribution in [0.4, 0.5) is 10.5 Å². The molecule has 0 bridgehead atoms. The maximum atomic E-state index is 12.2. The van der Waals surface area contributed by atoms with E-state index in [0.29, 0.717) is 23.7 Å². The summed E-state index contributed by atoms with van der Waals surface area (Å²) in [7, 11) is 1.69. The van der Waals surface area contributed by atoms with Crippen LogP contribution in [0, 0.1) is 0 Å². The van der Waals surface area contributed by atoms with Gasteiger partial charge in [0, 0.05) is 43.1 Å². The lowest BCUT2D eigenvalue weighted by atomic mass is 10.0. The molecule has 6 heteroatoms. The number of carbonyl (C=O) groups excluding carboxylic acids is 1. The third kappa shape index (κ3) is 4.25. The molecule has 1 aliphatic heterocycles. The number of likely N-dealkylation sites (tertiary alicyclic amines) is 1. The molecule has 0 spiro atoms. The molecule has 1 saturated heterocycles. The fourth-order valence-corrected chi connectivity index (χ4v) is 3.66. The van der Waals surface area contributed by atoms with Crippen molar-refractivity contribution in [1.29, 1.82) is 0 Å². The number of carbonyl (C=O) groups is 1. The Morgan fingerprint density at radius 1 is 1.23 bits per heavy atom. The number of urea groups is 1. The third-order valence-corrected chi connectivity index (χ3v) is 5.19. The first-order chi connectivity index (χ1) is 12.6. The smallest absolute Gasteiger partial charge is 0.319 e. The summed E-state index contributed by atoms with van der Waals surface area (Å²) in [5, 5.41) is 7.16. The standard InChI is InChI=1S/C20H28N4O2/c1-15-8-5-6-12-24(15)13-7-11-21-20(26)22-18-14-23(2)19(25)17-10-4-3-9-16(17)18/h3-4,9-10,14-15H,5-8,11-13H2,1-2H3,(H2,21,22,26)/t15-/m1/s1. The van der Waals surface area contributed by atoms with Gasteiger partial charge in [-0.3, -0.25) is 4.79 Å². The lowest BCUT2D eigenvalue weighted by Gasteiger charge is -2.33. The highest BCUT2D eigenvalue weighted by molar-refractivity contribution is 6.00. The minimum atomic E-state index is -0.236. The molecule has 1 aromatic heterocycles. The predicted octanol–water partition coefficient (Wildman–Crippen LogP) is 2.92. The van der Waals surface area contributed by atoms with Crippen molar-refractivity contribution in [3.05, 3.63) is 40.8 Å². The molecule has 1 aliphatic rings. The van der Waals surface area contributed by atoms with Crippen LogP contribution in [0.15, 0.2) is 35.3 Å². The molecule has 3 rings (SSSR count). The highest BCUT2D eigenvalue weighted by Crippen LogP contribution is 2.20. The van der Waals surface area contributed by atoms with Gasteiger partial charge in [-0.1, -0.05) is 24.6 Å². The number of pyridine rings is 1.